The van der Waals surface area contributed by atoms with Gasteiger partial charge >= 0.3 is 5.97 Å². The molecule has 19 heavy (non-hydrogen) atoms. The predicted octanol–water partition coefficient (Wildman–Crippen LogP) is 2.63. The molecule has 1 saturated carbocycles. The highest BCUT2D eigenvalue weighted by atomic mass is 16.4. The van der Waals surface area contributed by atoms with Crippen molar-refractivity contribution in [3.63, 3.8) is 0 Å². The molecule has 1 N–H and O–H groups in total. The number of carboxylic acid groups (broad SMARTS) is 1. The van der Waals surface area contributed by atoms with E-state index >= 15 is 0 Å². The van der Waals surface area contributed by atoms with Gasteiger partial charge < -0.3 is 14.4 Å². The Morgan fingerprint density at radius 1 is 1.26 bits per heavy atom. The molecule has 0 saturated heterocycles. The van der Waals surface area contributed by atoms with Crippen molar-refractivity contribution in [1.82, 2.24) is 4.90 Å². The van der Waals surface area contributed by atoms with Crippen LogP contribution in [-0.4, -0.2) is 35.5 Å². The monoisotopic (exact) mass is 265 g/mol. The van der Waals surface area contributed by atoms with Crippen molar-refractivity contribution in [3.05, 3.63) is 23.7 Å². The smallest absolute Gasteiger partial charge is 0.371 e. The molecule has 1 aliphatic rings. The Morgan fingerprint density at radius 2 is 1.89 bits per heavy atom. The van der Waals surface area contributed by atoms with Crippen LogP contribution in [0.4, 0.5) is 0 Å². The molecule has 1 aromatic rings. The number of hydrogen-bond donors (Lipinski definition) is 1. The van der Waals surface area contributed by atoms with Crippen molar-refractivity contribution in [2.24, 2.45) is 5.92 Å². The molecule has 1 amide bonds. The second-order valence-electron chi connectivity index (χ2n) is 5.16. The van der Waals surface area contributed by atoms with Crippen LogP contribution in [0.25, 0.3) is 0 Å². The fourth-order valence-electron chi connectivity index (χ4n) is 2.60. The van der Waals surface area contributed by atoms with Crippen molar-refractivity contribution >= 4 is 11.9 Å². The zero-order valence-corrected chi connectivity index (χ0v) is 11.1. The molecule has 0 aliphatic heterocycles. The number of rotatable bonds is 4. The van der Waals surface area contributed by atoms with Gasteiger partial charge in [-0.1, -0.05) is 19.3 Å². The highest BCUT2D eigenvalue weighted by molar-refractivity contribution is 5.93. The predicted molar refractivity (Wildman–Crippen MR) is 69.2 cm³/mol. The van der Waals surface area contributed by atoms with Crippen LogP contribution in [0.1, 0.15) is 53.2 Å². The first kappa shape index (κ1) is 13.6. The van der Waals surface area contributed by atoms with E-state index in [1.807, 2.05) is 0 Å². The van der Waals surface area contributed by atoms with Gasteiger partial charge in [-0.2, -0.15) is 0 Å². The van der Waals surface area contributed by atoms with Gasteiger partial charge in [0.2, 0.25) is 5.76 Å². The molecule has 1 fully saturated rings. The van der Waals surface area contributed by atoms with E-state index in [-0.39, 0.29) is 17.4 Å². The normalized spacial score (nSPS) is 16.3. The highest BCUT2D eigenvalue weighted by Crippen LogP contribution is 2.24. The Morgan fingerprint density at radius 3 is 2.47 bits per heavy atom. The molecule has 5 heteroatoms. The van der Waals surface area contributed by atoms with Gasteiger partial charge in [0, 0.05) is 13.6 Å². The SMILES string of the molecule is CN(CC1CCCCC1)C(=O)c1ccc(C(=O)O)o1. The first-order valence-electron chi connectivity index (χ1n) is 6.66. The average Bonchev–Trinajstić information content (AvgIpc) is 2.88. The zero-order valence-electron chi connectivity index (χ0n) is 11.1. The summed E-state index contributed by atoms with van der Waals surface area (Å²) in [5.74, 6) is -0.964. The fraction of sp³-hybridized carbons (Fsp3) is 0.571. The van der Waals surface area contributed by atoms with Crippen molar-refractivity contribution < 1.29 is 19.1 Å². The molecule has 104 valence electrons. The first-order chi connectivity index (χ1) is 9.08. The number of aromatic carboxylic acids is 1. The summed E-state index contributed by atoms with van der Waals surface area (Å²) in [5, 5.41) is 8.76. The van der Waals surface area contributed by atoms with Gasteiger partial charge in [0.1, 0.15) is 0 Å². The lowest BCUT2D eigenvalue weighted by Gasteiger charge is -2.26. The minimum Gasteiger partial charge on any atom is -0.475 e. The van der Waals surface area contributed by atoms with E-state index in [4.69, 9.17) is 9.52 Å². The van der Waals surface area contributed by atoms with Crippen LogP contribution in [0.2, 0.25) is 0 Å². The molecule has 1 heterocycles. The Hall–Kier alpha value is -1.78. The summed E-state index contributed by atoms with van der Waals surface area (Å²) in [6.45, 7) is 0.710. The Balaban J connectivity index is 1.95. The number of carbonyl (C=O) groups is 2. The minimum absolute atomic E-state index is 0.0932. The summed E-state index contributed by atoms with van der Waals surface area (Å²) in [7, 11) is 1.74. The lowest BCUT2D eigenvalue weighted by atomic mass is 9.89. The number of furan rings is 1. The molecule has 0 bridgehead atoms. The molecule has 0 spiro atoms. The third kappa shape index (κ3) is 3.36. The van der Waals surface area contributed by atoms with E-state index in [0.717, 1.165) is 12.8 Å². The van der Waals surface area contributed by atoms with Crippen LogP contribution in [0.15, 0.2) is 16.5 Å². The number of carbonyl (C=O) groups excluding carboxylic acids is 1. The third-order valence-electron chi connectivity index (χ3n) is 3.63. The maximum absolute atomic E-state index is 12.1. The molecule has 5 nitrogen and oxygen atoms in total. The van der Waals surface area contributed by atoms with E-state index in [2.05, 4.69) is 0 Å². The standard InChI is InChI=1S/C14H19NO4/c1-15(9-10-5-3-2-4-6-10)13(16)11-7-8-12(19-11)14(17)18/h7-8,10H,2-6,9H2,1H3,(H,17,18). The largest absolute Gasteiger partial charge is 0.475 e. The maximum Gasteiger partial charge on any atom is 0.371 e. The molecule has 1 aromatic heterocycles. The van der Waals surface area contributed by atoms with Crippen molar-refractivity contribution in [2.45, 2.75) is 32.1 Å². The average molecular weight is 265 g/mol. The van der Waals surface area contributed by atoms with Crippen LogP contribution in [0.3, 0.4) is 0 Å². The summed E-state index contributed by atoms with van der Waals surface area (Å²) in [6, 6.07) is 2.73. The molecule has 0 unspecified atom stereocenters. The molecule has 2 rings (SSSR count). The lowest BCUT2D eigenvalue weighted by molar-refractivity contribution is 0.0650. The molecule has 0 atom stereocenters. The van der Waals surface area contributed by atoms with Gasteiger partial charge in [0.05, 0.1) is 0 Å². The van der Waals surface area contributed by atoms with Crippen LogP contribution >= 0.6 is 0 Å². The molecule has 0 radical (unpaired) electrons. The maximum atomic E-state index is 12.1. The van der Waals surface area contributed by atoms with Gasteiger partial charge in [0.25, 0.3) is 5.91 Å². The molecule has 1 aliphatic carbocycles. The van der Waals surface area contributed by atoms with Gasteiger partial charge in [-0.05, 0) is 30.9 Å². The number of carboxylic acids is 1. The van der Waals surface area contributed by atoms with Crippen molar-refractivity contribution in [3.8, 4) is 0 Å². The Kier molecular flexibility index (Phi) is 4.24. The summed E-state index contributed by atoms with van der Waals surface area (Å²) >= 11 is 0. The van der Waals surface area contributed by atoms with Crippen molar-refractivity contribution in [1.29, 1.82) is 0 Å². The summed E-state index contributed by atoms with van der Waals surface area (Å²) < 4.78 is 5.03. The van der Waals surface area contributed by atoms with E-state index in [0.29, 0.717) is 12.5 Å². The van der Waals surface area contributed by atoms with E-state index in [1.54, 1.807) is 11.9 Å². The summed E-state index contributed by atoms with van der Waals surface area (Å²) in [6.07, 6.45) is 6.08. The number of nitrogens with zero attached hydrogens (tertiary/aromatic N) is 1. The van der Waals surface area contributed by atoms with E-state index in [1.165, 1.54) is 31.4 Å². The highest BCUT2D eigenvalue weighted by Gasteiger charge is 2.22. The third-order valence-corrected chi connectivity index (χ3v) is 3.63. The quantitative estimate of drug-likeness (QED) is 0.908. The Bertz CT molecular complexity index is 460. The Labute approximate surface area is 112 Å². The van der Waals surface area contributed by atoms with Gasteiger partial charge in [0.15, 0.2) is 5.76 Å². The van der Waals surface area contributed by atoms with Crippen LogP contribution in [0.5, 0.6) is 0 Å². The fourth-order valence-corrected chi connectivity index (χ4v) is 2.60. The number of hydrogen-bond acceptors (Lipinski definition) is 3. The van der Waals surface area contributed by atoms with Crippen molar-refractivity contribution in [2.75, 3.05) is 13.6 Å². The topological polar surface area (TPSA) is 70.8 Å². The second kappa shape index (κ2) is 5.91. The zero-order chi connectivity index (χ0) is 13.8. The van der Waals surface area contributed by atoms with E-state index in [9.17, 15) is 9.59 Å². The summed E-state index contributed by atoms with van der Waals surface area (Å²) in [5.41, 5.74) is 0. The lowest BCUT2D eigenvalue weighted by Crippen LogP contribution is -2.32. The summed E-state index contributed by atoms with van der Waals surface area (Å²) in [4.78, 5) is 24.4. The van der Waals surface area contributed by atoms with Crippen LogP contribution in [-0.2, 0) is 0 Å². The van der Waals surface area contributed by atoms with E-state index < -0.39 is 5.97 Å². The number of amides is 1. The van der Waals surface area contributed by atoms with Gasteiger partial charge in [-0.15, -0.1) is 0 Å². The second-order valence-corrected chi connectivity index (χ2v) is 5.16. The van der Waals surface area contributed by atoms with Crippen LogP contribution in [0, 0.1) is 5.92 Å². The molecular weight excluding hydrogens is 246 g/mol. The first-order valence-corrected chi connectivity index (χ1v) is 6.66. The molecular formula is C14H19NO4. The van der Waals surface area contributed by atoms with Crippen LogP contribution < -0.4 is 0 Å². The van der Waals surface area contributed by atoms with Gasteiger partial charge in [-0.3, -0.25) is 4.79 Å². The van der Waals surface area contributed by atoms with Gasteiger partial charge in [-0.25, -0.2) is 4.79 Å². The molecule has 0 aromatic carbocycles. The minimum atomic E-state index is -1.16.